The predicted octanol–water partition coefficient (Wildman–Crippen LogP) is 8.97. The van der Waals surface area contributed by atoms with Crippen LogP contribution in [0.2, 0.25) is 0 Å². The summed E-state index contributed by atoms with van der Waals surface area (Å²) >= 11 is 6.84. The highest BCUT2D eigenvalue weighted by Gasteiger charge is 2.14. The molecule has 0 saturated heterocycles. The van der Waals surface area contributed by atoms with Crippen LogP contribution in [0.25, 0.3) is 33.4 Å². The second-order valence-corrected chi connectivity index (χ2v) is 14.2. The van der Waals surface area contributed by atoms with Gasteiger partial charge < -0.3 is 31.5 Å². The van der Waals surface area contributed by atoms with E-state index in [1.807, 2.05) is 60.7 Å². The summed E-state index contributed by atoms with van der Waals surface area (Å²) in [5.41, 5.74) is 7.46. The van der Waals surface area contributed by atoms with Gasteiger partial charge in [-0.1, -0.05) is 56.1 Å². The molecule has 0 saturated carbocycles. The Morgan fingerprint density at radius 2 is 0.836 bits per heavy atom. The van der Waals surface area contributed by atoms with E-state index < -0.39 is 12.1 Å². The van der Waals surface area contributed by atoms with Crippen LogP contribution in [0.1, 0.15) is 11.1 Å². The lowest BCUT2D eigenvalue weighted by Gasteiger charge is -2.11. The van der Waals surface area contributed by atoms with E-state index in [-0.39, 0.29) is 11.5 Å². The molecule has 0 atom stereocenters. The first-order valence-corrected chi connectivity index (χ1v) is 18.3. The number of halogens is 2. The zero-order valence-corrected chi connectivity index (χ0v) is 31.6. The summed E-state index contributed by atoms with van der Waals surface area (Å²) in [5, 5.41) is 50.0. The highest BCUT2D eigenvalue weighted by molar-refractivity contribution is 9.10. The number of aromatic hydroxyl groups is 2. The number of nitrogens with zero attached hydrogens (tertiary/aromatic N) is 6. The van der Waals surface area contributed by atoms with Crippen LogP contribution in [0.3, 0.4) is 0 Å². The molecule has 2 aromatic heterocycles. The number of hydrogen-bond acceptors (Lipinski definition) is 8. The van der Waals surface area contributed by atoms with Gasteiger partial charge in [-0.2, -0.15) is 0 Å². The van der Waals surface area contributed by atoms with Crippen molar-refractivity contribution >= 4 is 88.7 Å². The first kappa shape index (κ1) is 35.3. The van der Waals surface area contributed by atoms with E-state index in [1.54, 1.807) is 48.5 Å². The molecular formula is C39H28Br2N10O4. The van der Waals surface area contributed by atoms with Gasteiger partial charge in [0.2, 0.25) is 0 Å². The molecule has 0 spiro atoms. The fourth-order valence-corrected chi connectivity index (χ4v) is 6.46. The van der Waals surface area contributed by atoms with Crippen molar-refractivity contribution in [1.29, 1.82) is 0 Å². The largest absolute Gasteiger partial charge is 0.506 e. The molecule has 0 bridgehead atoms. The van der Waals surface area contributed by atoms with Crippen LogP contribution >= 0.6 is 31.9 Å². The molecule has 8 aromatic rings. The Kier molecular flexibility index (Phi) is 9.57. The van der Waals surface area contributed by atoms with Crippen molar-refractivity contribution in [2.75, 3.05) is 21.3 Å². The molecule has 14 nitrogen and oxygen atoms in total. The molecule has 0 fully saturated rings. The van der Waals surface area contributed by atoms with Gasteiger partial charge in [0.25, 0.3) is 0 Å². The van der Waals surface area contributed by atoms with Crippen molar-refractivity contribution in [2.45, 2.75) is 6.42 Å². The van der Waals surface area contributed by atoms with Crippen LogP contribution in [0.5, 0.6) is 11.5 Å². The van der Waals surface area contributed by atoms with Gasteiger partial charge in [-0.3, -0.25) is 0 Å². The summed E-state index contributed by atoms with van der Waals surface area (Å²) in [5.74, 6) is -0.187. The number of phenolic OH excluding ortho intramolecular Hbond substituents is 2. The molecule has 272 valence electrons. The molecule has 0 unspecified atom stereocenters. The van der Waals surface area contributed by atoms with Gasteiger partial charge in [0.05, 0.1) is 0 Å². The highest BCUT2D eigenvalue weighted by Crippen LogP contribution is 2.28. The van der Waals surface area contributed by atoms with Crippen LogP contribution in [-0.4, -0.2) is 52.3 Å². The number of amides is 4. The Balaban J connectivity index is 0.817. The van der Waals surface area contributed by atoms with Crippen LogP contribution in [-0.2, 0) is 6.42 Å². The standard InChI is InChI=1S/C39H28Br2N10O4/c40-24-5-13-30-32(18-24)48-50(46-30)34-15-11-28(20-36(34)52)44-38(54)42-26-7-1-22(2-8-26)17-23-3-9-27(10-4-23)43-39(55)45-29-12-16-35(37(53)21-29)51-47-31-14-6-25(41)19-33(31)49-51/h1-16,18-21,52-53H,17H2,(H2,42,44,54)(H2,43,45,55). The molecule has 6 aromatic carbocycles. The van der Waals surface area contributed by atoms with E-state index in [9.17, 15) is 19.8 Å². The number of carbonyl (C=O) groups excluding carboxylic acids is 2. The van der Waals surface area contributed by atoms with Gasteiger partial charge in [0.1, 0.15) is 44.9 Å². The third kappa shape index (κ3) is 8.09. The predicted molar refractivity (Wildman–Crippen MR) is 217 cm³/mol. The number of nitrogens with one attached hydrogen (secondary N) is 4. The lowest BCUT2D eigenvalue weighted by atomic mass is 10.0. The summed E-state index contributed by atoms with van der Waals surface area (Å²) in [4.78, 5) is 28.1. The van der Waals surface area contributed by atoms with E-state index in [1.165, 1.54) is 21.7 Å². The van der Waals surface area contributed by atoms with Gasteiger partial charge in [0, 0.05) is 43.8 Å². The Bertz CT molecular complexity index is 2550. The molecule has 4 amide bonds. The van der Waals surface area contributed by atoms with Crippen molar-refractivity contribution in [3.05, 3.63) is 141 Å². The summed E-state index contributed by atoms with van der Waals surface area (Å²) in [6.45, 7) is 0. The van der Waals surface area contributed by atoms with Crippen molar-refractivity contribution in [3.8, 4) is 22.9 Å². The monoisotopic (exact) mass is 858 g/mol. The van der Waals surface area contributed by atoms with Crippen molar-refractivity contribution in [2.24, 2.45) is 0 Å². The van der Waals surface area contributed by atoms with E-state index in [4.69, 9.17) is 0 Å². The number of urea groups is 2. The first-order valence-electron chi connectivity index (χ1n) is 16.7. The van der Waals surface area contributed by atoms with Gasteiger partial charge in [-0.05, 0) is 102 Å². The number of benzene rings is 6. The minimum Gasteiger partial charge on any atom is -0.506 e. The summed E-state index contributed by atoms with van der Waals surface area (Å²) < 4.78 is 1.74. The topological polar surface area (TPSA) is 184 Å². The molecule has 0 aliphatic rings. The van der Waals surface area contributed by atoms with Crippen LogP contribution in [0, 0.1) is 0 Å². The average molecular weight is 861 g/mol. The zero-order chi connectivity index (χ0) is 38.1. The molecule has 0 radical (unpaired) electrons. The van der Waals surface area contributed by atoms with Gasteiger partial charge in [-0.25, -0.2) is 9.59 Å². The van der Waals surface area contributed by atoms with Crippen molar-refractivity contribution < 1.29 is 19.8 Å². The van der Waals surface area contributed by atoms with Crippen molar-refractivity contribution in [1.82, 2.24) is 30.0 Å². The summed E-state index contributed by atoms with van der Waals surface area (Å²) in [6, 6.07) is 34.4. The number of rotatable bonds is 8. The van der Waals surface area contributed by atoms with Crippen molar-refractivity contribution in [3.63, 3.8) is 0 Å². The normalized spacial score (nSPS) is 11.1. The third-order valence-corrected chi connectivity index (χ3v) is 9.40. The van der Waals surface area contributed by atoms with E-state index in [2.05, 4.69) is 73.5 Å². The molecular weight excluding hydrogens is 832 g/mol. The minimum absolute atomic E-state index is 0.0936. The van der Waals surface area contributed by atoms with Gasteiger partial charge in [0.15, 0.2) is 0 Å². The Labute approximate surface area is 329 Å². The third-order valence-electron chi connectivity index (χ3n) is 8.41. The fourth-order valence-electron chi connectivity index (χ4n) is 5.77. The minimum atomic E-state index is -0.470. The van der Waals surface area contributed by atoms with Crippen LogP contribution in [0.4, 0.5) is 32.3 Å². The maximum Gasteiger partial charge on any atom is 0.323 e. The molecule has 6 N–H and O–H groups in total. The maximum atomic E-state index is 12.7. The molecule has 2 heterocycles. The highest BCUT2D eigenvalue weighted by atomic mass is 79.9. The number of phenols is 2. The number of aromatic nitrogens is 6. The zero-order valence-electron chi connectivity index (χ0n) is 28.4. The fraction of sp³-hybridized carbons (Fsp3) is 0.0256. The SMILES string of the molecule is O=C(Nc1ccc(Cc2ccc(NC(=O)Nc3ccc(-n4nc5ccc(Br)cc5n4)c(O)c3)cc2)cc1)Nc1ccc(-n2nc3ccc(Br)cc3n2)c(O)c1. The summed E-state index contributed by atoms with van der Waals surface area (Å²) in [7, 11) is 0. The quantitative estimate of drug-likeness (QED) is 0.0875. The molecule has 0 aliphatic heterocycles. The van der Waals surface area contributed by atoms with E-state index in [0.29, 0.717) is 62.6 Å². The Hall–Kier alpha value is -6.78. The van der Waals surface area contributed by atoms with E-state index >= 15 is 0 Å². The second kappa shape index (κ2) is 14.9. The van der Waals surface area contributed by atoms with Gasteiger partial charge in [-0.15, -0.1) is 30.0 Å². The number of hydrogen-bond donors (Lipinski definition) is 6. The Morgan fingerprint density at radius 1 is 0.473 bits per heavy atom. The summed E-state index contributed by atoms with van der Waals surface area (Å²) in [6.07, 6.45) is 0.631. The second-order valence-electron chi connectivity index (χ2n) is 12.4. The maximum absolute atomic E-state index is 12.7. The first-order chi connectivity index (χ1) is 26.6. The smallest absolute Gasteiger partial charge is 0.323 e. The molecule has 16 heteroatoms. The number of carbonyl (C=O) groups is 2. The molecule has 0 aliphatic carbocycles. The number of fused-ring (bicyclic) bond motifs is 2. The van der Waals surface area contributed by atoms with E-state index in [0.717, 1.165) is 20.1 Å². The molecule has 55 heavy (non-hydrogen) atoms. The molecule has 8 rings (SSSR count). The van der Waals surface area contributed by atoms with Crippen LogP contribution in [0.15, 0.2) is 130 Å². The number of anilines is 4. The average Bonchev–Trinajstić information content (AvgIpc) is 3.77. The lowest BCUT2D eigenvalue weighted by molar-refractivity contribution is 0.261. The Morgan fingerprint density at radius 3 is 1.24 bits per heavy atom. The lowest BCUT2D eigenvalue weighted by Crippen LogP contribution is -2.19. The van der Waals surface area contributed by atoms with Crippen LogP contribution < -0.4 is 21.3 Å². The van der Waals surface area contributed by atoms with Gasteiger partial charge >= 0.3 is 12.1 Å².